The van der Waals surface area contributed by atoms with Crippen LogP contribution in [0.15, 0.2) is 54.6 Å². The van der Waals surface area contributed by atoms with Crippen molar-refractivity contribution in [3.63, 3.8) is 0 Å². The first kappa shape index (κ1) is 20.8. The Morgan fingerprint density at radius 3 is 2.71 bits per heavy atom. The van der Waals surface area contributed by atoms with Crippen LogP contribution in [0.3, 0.4) is 0 Å². The van der Waals surface area contributed by atoms with Crippen molar-refractivity contribution >= 4 is 23.3 Å². The van der Waals surface area contributed by atoms with E-state index < -0.39 is 6.10 Å². The van der Waals surface area contributed by atoms with E-state index in [9.17, 15) is 9.59 Å². The molecule has 2 aromatic carbocycles. The summed E-state index contributed by atoms with van der Waals surface area (Å²) in [6.45, 7) is 2.76. The molecule has 160 valence electrons. The second kappa shape index (κ2) is 9.57. The van der Waals surface area contributed by atoms with E-state index in [0.29, 0.717) is 23.7 Å². The largest absolute Gasteiger partial charge is 0.368 e. The van der Waals surface area contributed by atoms with Crippen LogP contribution in [0.4, 0.5) is 11.5 Å². The summed E-state index contributed by atoms with van der Waals surface area (Å²) in [6, 6.07) is 16.9. The third kappa shape index (κ3) is 5.19. The van der Waals surface area contributed by atoms with Crippen LogP contribution in [-0.4, -0.2) is 34.7 Å². The summed E-state index contributed by atoms with van der Waals surface area (Å²) in [5.74, 6) is -0.0482. The number of hydrogen-bond donors (Lipinski definition) is 3. The number of ether oxygens (including phenoxy) is 1. The fourth-order valence-electron chi connectivity index (χ4n) is 3.61. The molecule has 0 saturated carbocycles. The average molecular weight is 418 g/mol. The van der Waals surface area contributed by atoms with Crippen molar-refractivity contribution in [1.82, 2.24) is 10.2 Å². The standard InChI is InChI=1S/C24H26N4O3/c1-2-5-16-9-11-17(12-10-16)20-15-22(28-27-20)26-23(29)18-6-3-7-19(14-18)25-24(30)21-8-4-13-31-21/h3,6-7,9-12,14-15,21H,2,4-5,8,13H2,1H3,(H,25,30)(H2,26,27,28,29). The van der Waals surface area contributed by atoms with Gasteiger partial charge in [0.2, 0.25) is 0 Å². The molecule has 2 amide bonds. The minimum absolute atomic E-state index is 0.183. The number of rotatable bonds is 7. The van der Waals surface area contributed by atoms with Crippen molar-refractivity contribution in [2.45, 2.75) is 38.7 Å². The van der Waals surface area contributed by atoms with Crippen molar-refractivity contribution in [3.8, 4) is 11.3 Å². The first-order valence-corrected chi connectivity index (χ1v) is 10.6. The van der Waals surface area contributed by atoms with Crippen LogP contribution in [0.1, 0.15) is 42.1 Å². The molecular weight excluding hydrogens is 392 g/mol. The third-order valence-corrected chi connectivity index (χ3v) is 5.24. The smallest absolute Gasteiger partial charge is 0.256 e. The van der Waals surface area contributed by atoms with E-state index in [2.05, 4.69) is 39.9 Å². The van der Waals surface area contributed by atoms with Crippen molar-refractivity contribution in [1.29, 1.82) is 0 Å². The molecule has 2 heterocycles. The Morgan fingerprint density at radius 1 is 1.13 bits per heavy atom. The Hall–Kier alpha value is -3.45. The van der Waals surface area contributed by atoms with Crippen molar-refractivity contribution < 1.29 is 14.3 Å². The number of carbonyl (C=O) groups is 2. The zero-order valence-corrected chi connectivity index (χ0v) is 17.5. The van der Waals surface area contributed by atoms with Gasteiger partial charge in [0.25, 0.3) is 11.8 Å². The maximum atomic E-state index is 12.7. The Kier molecular flexibility index (Phi) is 6.43. The molecule has 1 aliphatic heterocycles. The number of benzene rings is 2. The molecule has 0 aliphatic carbocycles. The predicted octanol–water partition coefficient (Wildman–Crippen LogP) is 4.40. The van der Waals surface area contributed by atoms with Gasteiger partial charge in [-0.3, -0.25) is 14.7 Å². The summed E-state index contributed by atoms with van der Waals surface area (Å²) < 4.78 is 5.40. The third-order valence-electron chi connectivity index (χ3n) is 5.24. The number of nitrogens with zero attached hydrogens (tertiary/aromatic N) is 1. The minimum atomic E-state index is -0.420. The first-order chi connectivity index (χ1) is 15.1. The monoisotopic (exact) mass is 418 g/mol. The van der Waals surface area contributed by atoms with Gasteiger partial charge in [0, 0.05) is 23.9 Å². The van der Waals surface area contributed by atoms with Gasteiger partial charge in [0.05, 0.1) is 5.69 Å². The molecule has 0 radical (unpaired) electrons. The predicted molar refractivity (Wildman–Crippen MR) is 120 cm³/mol. The summed E-state index contributed by atoms with van der Waals surface area (Å²) in [5, 5.41) is 12.8. The summed E-state index contributed by atoms with van der Waals surface area (Å²) in [4.78, 5) is 24.9. The van der Waals surface area contributed by atoms with Crippen LogP contribution in [0.5, 0.6) is 0 Å². The topological polar surface area (TPSA) is 96.1 Å². The molecule has 3 aromatic rings. The van der Waals surface area contributed by atoms with Gasteiger partial charge < -0.3 is 15.4 Å². The van der Waals surface area contributed by atoms with E-state index in [-0.39, 0.29) is 11.8 Å². The molecule has 1 unspecified atom stereocenters. The average Bonchev–Trinajstić information content (AvgIpc) is 3.47. The van der Waals surface area contributed by atoms with Crippen LogP contribution in [0, 0.1) is 0 Å². The number of aromatic amines is 1. The molecule has 7 heteroatoms. The molecule has 3 N–H and O–H groups in total. The SMILES string of the molecule is CCCc1ccc(-c2cc(NC(=O)c3cccc(NC(=O)C4CCCO4)c3)n[nH]2)cc1. The number of aromatic nitrogens is 2. The van der Waals surface area contributed by atoms with E-state index in [1.165, 1.54) is 5.56 Å². The summed E-state index contributed by atoms with van der Waals surface area (Å²) in [7, 11) is 0. The van der Waals surface area contributed by atoms with E-state index >= 15 is 0 Å². The van der Waals surface area contributed by atoms with E-state index in [1.807, 2.05) is 12.1 Å². The van der Waals surface area contributed by atoms with Crippen LogP contribution in [0.2, 0.25) is 0 Å². The minimum Gasteiger partial charge on any atom is -0.368 e. The number of hydrogen-bond acceptors (Lipinski definition) is 4. The van der Waals surface area contributed by atoms with Gasteiger partial charge in [0.1, 0.15) is 6.10 Å². The first-order valence-electron chi connectivity index (χ1n) is 10.6. The van der Waals surface area contributed by atoms with Crippen molar-refractivity contribution in [2.75, 3.05) is 17.2 Å². The maximum Gasteiger partial charge on any atom is 0.256 e. The Balaban J connectivity index is 1.40. The highest BCUT2D eigenvalue weighted by Gasteiger charge is 2.23. The van der Waals surface area contributed by atoms with Gasteiger partial charge >= 0.3 is 0 Å². The van der Waals surface area contributed by atoms with E-state index in [1.54, 1.807) is 30.3 Å². The molecule has 4 rings (SSSR count). The molecule has 1 saturated heterocycles. The fourth-order valence-corrected chi connectivity index (χ4v) is 3.61. The fraction of sp³-hybridized carbons (Fsp3) is 0.292. The Bertz CT molecular complexity index is 1050. The second-order valence-corrected chi connectivity index (χ2v) is 7.64. The molecule has 0 spiro atoms. The Morgan fingerprint density at radius 2 is 1.97 bits per heavy atom. The highest BCUT2D eigenvalue weighted by atomic mass is 16.5. The molecule has 1 aromatic heterocycles. The molecule has 1 aliphatic rings. The number of amides is 2. The zero-order chi connectivity index (χ0) is 21.6. The van der Waals surface area contributed by atoms with Gasteiger partial charge in [-0.25, -0.2) is 0 Å². The number of aryl methyl sites for hydroxylation is 1. The Labute approximate surface area is 181 Å². The van der Waals surface area contributed by atoms with Gasteiger partial charge in [-0.2, -0.15) is 5.10 Å². The lowest BCUT2D eigenvalue weighted by Gasteiger charge is -2.11. The molecule has 1 fully saturated rings. The normalized spacial score (nSPS) is 15.6. The van der Waals surface area contributed by atoms with Crippen LogP contribution >= 0.6 is 0 Å². The number of H-pyrrole nitrogens is 1. The highest BCUT2D eigenvalue weighted by molar-refractivity contribution is 6.05. The maximum absolute atomic E-state index is 12.7. The molecule has 1 atom stereocenters. The molecule has 0 bridgehead atoms. The lowest BCUT2D eigenvalue weighted by atomic mass is 10.1. The van der Waals surface area contributed by atoms with Gasteiger partial charge in [-0.15, -0.1) is 0 Å². The lowest BCUT2D eigenvalue weighted by molar-refractivity contribution is -0.124. The quantitative estimate of drug-likeness (QED) is 0.530. The molecule has 31 heavy (non-hydrogen) atoms. The molecule has 7 nitrogen and oxygen atoms in total. The lowest BCUT2D eigenvalue weighted by Crippen LogP contribution is -2.27. The number of nitrogens with one attached hydrogen (secondary N) is 3. The van der Waals surface area contributed by atoms with Gasteiger partial charge in [0.15, 0.2) is 5.82 Å². The van der Waals surface area contributed by atoms with Crippen LogP contribution in [0.25, 0.3) is 11.3 Å². The van der Waals surface area contributed by atoms with Gasteiger partial charge in [-0.1, -0.05) is 43.7 Å². The van der Waals surface area contributed by atoms with Gasteiger partial charge in [-0.05, 0) is 48.6 Å². The highest BCUT2D eigenvalue weighted by Crippen LogP contribution is 2.22. The number of carbonyl (C=O) groups excluding carboxylic acids is 2. The van der Waals surface area contributed by atoms with Crippen molar-refractivity contribution in [2.24, 2.45) is 0 Å². The molecular formula is C24H26N4O3. The second-order valence-electron chi connectivity index (χ2n) is 7.64. The zero-order valence-electron chi connectivity index (χ0n) is 17.5. The van der Waals surface area contributed by atoms with Crippen LogP contribution in [-0.2, 0) is 16.0 Å². The van der Waals surface area contributed by atoms with Crippen molar-refractivity contribution in [3.05, 3.63) is 65.7 Å². The summed E-state index contributed by atoms with van der Waals surface area (Å²) >= 11 is 0. The summed E-state index contributed by atoms with van der Waals surface area (Å²) in [5.41, 5.74) is 4.12. The summed E-state index contributed by atoms with van der Waals surface area (Å²) in [6.07, 6.45) is 3.34. The van der Waals surface area contributed by atoms with E-state index in [0.717, 1.165) is 36.9 Å². The number of anilines is 2. The van der Waals surface area contributed by atoms with E-state index in [4.69, 9.17) is 4.74 Å². The van der Waals surface area contributed by atoms with Crippen LogP contribution < -0.4 is 10.6 Å².